The number of morpholine rings is 1. The Bertz CT molecular complexity index is 592. The first-order valence-electron chi connectivity index (χ1n) is 7.78. The quantitative estimate of drug-likeness (QED) is 0.837. The zero-order valence-electron chi connectivity index (χ0n) is 13.7. The maximum Gasteiger partial charge on any atom is 0.316 e. The van der Waals surface area contributed by atoms with Crippen LogP contribution >= 0.6 is 11.8 Å². The number of hydrogen-bond acceptors (Lipinski definition) is 4. The molecule has 0 aromatic heterocycles. The van der Waals surface area contributed by atoms with Crippen molar-refractivity contribution in [1.29, 1.82) is 0 Å². The van der Waals surface area contributed by atoms with Crippen molar-refractivity contribution in [3.63, 3.8) is 0 Å². The smallest absolute Gasteiger partial charge is 0.316 e. The Balaban J connectivity index is 2.21. The molecule has 0 radical (unpaired) electrons. The van der Waals surface area contributed by atoms with Gasteiger partial charge in [-0.2, -0.15) is 0 Å². The molecule has 1 N–H and O–H groups in total. The first-order chi connectivity index (χ1) is 10.9. The number of carboxylic acids is 1. The third-order valence-electron chi connectivity index (χ3n) is 4.14. The van der Waals surface area contributed by atoms with Gasteiger partial charge in [0.1, 0.15) is 5.25 Å². The van der Waals surface area contributed by atoms with Gasteiger partial charge in [-0.1, -0.05) is 19.1 Å². The number of carbonyl (C=O) groups is 2. The van der Waals surface area contributed by atoms with Crippen LogP contribution in [0.3, 0.4) is 0 Å². The van der Waals surface area contributed by atoms with Crippen LogP contribution in [0.1, 0.15) is 37.6 Å². The van der Waals surface area contributed by atoms with E-state index in [1.807, 2.05) is 26.0 Å². The van der Waals surface area contributed by atoms with Crippen LogP contribution in [-0.4, -0.2) is 52.4 Å². The second kappa shape index (κ2) is 7.36. The van der Waals surface area contributed by atoms with Crippen LogP contribution in [0.2, 0.25) is 0 Å². The molecule has 1 aliphatic heterocycles. The zero-order chi connectivity index (χ0) is 17.0. The summed E-state index contributed by atoms with van der Waals surface area (Å²) in [6.45, 7) is 7.32. The standard InChI is InChI=1S/C17H23NO4S/c1-4-17(3)11-18(9-10-22-17)15(19)13-7-5-6-8-14(13)23-12(2)16(20)21/h5-8,12H,4,9-11H2,1-3H3,(H,20,21). The summed E-state index contributed by atoms with van der Waals surface area (Å²) in [4.78, 5) is 26.5. The number of amides is 1. The molecule has 0 bridgehead atoms. The van der Waals surface area contributed by atoms with Crippen molar-refractivity contribution < 1.29 is 19.4 Å². The Hall–Kier alpha value is -1.53. The summed E-state index contributed by atoms with van der Waals surface area (Å²) in [5.74, 6) is -0.948. The lowest BCUT2D eigenvalue weighted by Gasteiger charge is -2.40. The number of carbonyl (C=O) groups excluding carboxylic acids is 1. The topological polar surface area (TPSA) is 66.8 Å². The SMILES string of the molecule is CCC1(C)CN(C(=O)c2ccccc2SC(C)C(=O)O)CCO1. The normalized spacial score (nSPS) is 22.7. The molecule has 1 saturated heterocycles. The molecule has 126 valence electrons. The van der Waals surface area contributed by atoms with E-state index in [0.29, 0.717) is 30.2 Å². The van der Waals surface area contributed by atoms with E-state index in [1.54, 1.807) is 24.0 Å². The van der Waals surface area contributed by atoms with Gasteiger partial charge in [0.15, 0.2) is 0 Å². The highest BCUT2D eigenvalue weighted by atomic mass is 32.2. The highest BCUT2D eigenvalue weighted by Gasteiger charge is 2.33. The van der Waals surface area contributed by atoms with Gasteiger partial charge in [-0.05, 0) is 32.4 Å². The highest BCUT2D eigenvalue weighted by molar-refractivity contribution is 8.00. The van der Waals surface area contributed by atoms with Gasteiger partial charge in [0.25, 0.3) is 5.91 Å². The number of ether oxygens (including phenoxy) is 1. The molecule has 1 aliphatic rings. The molecule has 6 heteroatoms. The number of benzene rings is 1. The molecule has 5 nitrogen and oxygen atoms in total. The van der Waals surface area contributed by atoms with E-state index in [9.17, 15) is 9.59 Å². The molecule has 1 amide bonds. The van der Waals surface area contributed by atoms with Gasteiger partial charge in [-0.3, -0.25) is 9.59 Å². The summed E-state index contributed by atoms with van der Waals surface area (Å²) < 4.78 is 5.78. The van der Waals surface area contributed by atoms with Crippen molar-refractivity contribution in [2.45, 2.75) is 42.9 Å². The Morgan fingerprint density at radius 1 is 1.43 bits per heavy atom. The molecule has 23 heavy (non-hydrogen) atoms. The minimum atomic E-state index is -0.887. The molecule has 1 fully saturated rings. The van der Waals surface area contributed by atoms with Crippen LogP contribution in [-0.2, 0) is 9.53 Å². The van der Waals surface area contributed by atoms with E-state index in [2.05, 4.69) is 0 Å². The van der Waals surface area contributed by atoms with Crippen LogP contribution in [0.4, 0.5) is 0 Å². The Labute approximate surface area is 141 Å². The van der Waals surface area contributed by atoms with Crippen molar-refractivity contribution in [1.82, 2.24) is 4.90 Å². The molecule has 0 aliphatic carbocycles. The van der Waals surface area contributed by atoms with Crippen molar-refractivity contribution >= 4 is 23.6 Å². The van der Waals surface area contributed by atoms with E-state index in [0.717, 1.165) is 6.42 Å². The minimum absolute atomic E-state index is 0.0614. The maximum atomic E-state index is 12.9. The van der Waals surface area contributed by atoms with Gasteiger partial charge in [0, 0.05) is 18.0 Å². The second-order valence-corrected chi connectivity index (χ2v) is 7.36. The largest absolute Gasteiger partial charge is 0.480 e. The average Bonchev–Trinajstić information content (AvgIpc) is 2.54. The van der Waals surface area contributed by atoms with Crippen LogP contribution in [0.15, 0.2) is 29.2 Å². The minimum Gasteiger partial charge on any atom is -0.480 e. The van der Waals surface area contributed by atoms with E-state index >= 15 is 0 Å². The summed E-state index contributed by atoms with van der Waals surface area (Å²) in [6, 6.07) is 7.19. The molecule has 2 atom stereocenters. The van der Waals surface area contributed by atoms with Gasteiger partial charge in [0.05, 0.1) is 17.8 Å². The maximum absolute atomic E-state index is 12.9. The van der Waals surface area contributed by atoms with Gasteiger partial charge >= 0.3 is 5.97 Å². The zero-order valence-corrected chi connectivity index (χ0v) is 14.6. The summed E-state index contributed by atoms with van der Waals surface area (Å²) >= 11 is 1.20. The Kier molecular flexibility index (Phi) is 5.70. The molecular formula is C17H23NO4S. The molecule has 2 rings (SSSR count). The van der Waals surface area contributed by atoms with Crippen molar-refractivity contribution in [3.8, 4) is 0 Å². The lowest BCUT2D eigenvalue weighted by molar-refractivity contribution is -0.136. The highest BCUT2D eigenvalue weighted by Crippen LogP contribution is 2.29. The van der Waals surface area contributed by atoms with Crippen LogP contribution in [0, 0.1) is 0 Å². The predicted molar refractivity (Wildman–Crippen MR) is 89.9 cm³/mol. The monoisotopic (exact) mass is 337 g/mol. The number of aliphatic carboxylic acids is 1. The fourth-order valence-corrected chi connectivity index (χ4v) is 3.40. The predicted octanol–water partition coefficient (Wildman–Crippen LogP) is 2.89. The first-order valence-corrected chi connectivity index (χ1v) is 8.66. The van der Waals surface area contributed by atoms with E-state index in [4.69, 9.17) is 9.84 Å². The number of nitrogens with zero attached hydrogens (tertiary/aromatic N) is 1. The fraction of sp³-hybridized carbons (Fsp3) is 0.529. The van der Waals surface area contributed by atoms with Crippen molar-refractivity contribution in [2.75, 3.05) is 19.7 Å². The number of rotatable bonds is 5. The third kappa shape index (κ3) is 4.26. The molecule has 2 unspecified atom stereocenters. The molecule has 1 aromatic rings. The number of carboxylic acid groups (broad SMARTS) is 1. The van der Waals surface area contributed by atoms with Crippen LogP contribution < -0.4 is 0 Å². The lowest BCUT2D eigenvalue weighted by Crippen LogP contribution is -2.51. The number of hydrogen-bond donors (Lipinski definition) is 1. The summed E-state index contributed by atoms with van der Waals surface area (Å²) in [6.07, 6.45) is 0.837. The lowest BCUT2D eigenvalue weighted by atomic mass is 10.0. The molecular weight excluding hydrogens is 314 g/mol. The van der Waals surface area contributed by atoms with Gasteiger partial charge < -0.3 is 14.7 Å². The van der Waals surface area contributed by atoms with Gasteiger partial charge in [0.2, 0.25) is 0 Å². The van der Waals surface area contributed by atoms with Crippen molar-refractivity contribution in [3.05, 3.63) is 29.8 Å². The fourth-order valence-electron chi connectivity index (χ4n) is 2.48. The Morgan fingerprint density at radius 3 is 2.78 bits per heavy atom. The summed E-state index contributed by atoms with van der Waals surface area (Å²) in [5.41, 5.74) is 0.246. The molecule has 0 spiro atoms. The Morgan fingerprint density at radius 2 is 2.13 bits per heavy atom. The van der Waals surface area contributed by atoms with Crippen LogP contribution in [0.25, 0.3) is 0 Å². The molecule has 1 heterocycles. The average molecular weight is 337 g/mol. The van der Waals surface area contributed by atoms with Crippen LogP contribution in [0.5, 0.6) is 0 Å². The summed E-state index contributed by atoms with van der Waals surface area (Å²) in [7, 11) is 0. The van der Waals surface area contributed by atoms with E-state index in [1.165, 1.54) is 11.8 Å². The molecule has 0 saturated carbocycles. The first kappa shape index (κ1) is 17.8. The van der Waals surface area contributed by atoms with Gasteiger partial charge in [-0.25, -0.2) is 0 Å². The van der Waals surface area contributed by atoms with E-state index < -0.39 is 11.2 Å². The van der Waals surface area contributed by atoms with Crippen molar-refractivity contribution in [2.24, 2.45) is 0 Å². The van der Waals surface area contributed by atoms with Gasteiger partial charge in [-0.15, -0.1) is 11.8 Å². The third-order valence-corrected chi connectivity index (χ3v) is 5.31. The summed E-state index contributed by atoms with van der Waals surface area (Å²) in [5, 5.41) is 8.49. The number of thioether (sulfide) groups is 1. The second-order valence-electron chi connectivity index (χ2n) is 5.97. The molecule has 1 aromatic carbocycles. The van der Waals surface area contributed by atoms with E-state index in [-0.39, 0.29) is 11.5 Å².